The smallest absolute Gasteiger partial charge is 1.00 e. The Morgan fingerprint density at radius 3 is 1.25 bits per heavy atom. The first-order valence-electron chi connectivity index (χ1n) is 2.13. The molecule has 0 saturated heterocycles. The minimum atomic E-state index is 0. The number of thiol groups is 2. The average Bonchev–Trinajstić information content (AvgIpc) is 1.61. The molecular weight excluding hydrogens is 126 g/mol. The van der Waals surface area contributed by atoms with E-state index in [0.29, 0.717) is 0 Å². The molecule has 0 bridgehead atoms. The first-order valence-corrected chi connectivity index (χ1v) is 3.40. The largest absolute Gasteiger partial charge is 1.00 e. The Hall–Kier alpha value is 1.89. The molecule has 0 aliphatic heterocycles. The summed E-state index contributed by atoms with van der Waals surface area (Å²) < 4.78 is 0. The average molecular weight is 138 g/mol. The molecule has 0 rings (SSSR count). The Morgan fingerprint density at radius 1 is 0.875 bits per heavy atom. The molecule has 42 valence electrons. The zero-order chi connectivity index (χ0) is 4.83. The molecule has 0 aromatic heterocycles. The van der Waals surface area contributed by atoms with Crippen molar-refractivity contribution < 1.29 is 40.6 Å². The quantitative estimate of drug-likeness (QED) is 0.221. The van der Waals surface area contributed by atoms with Crippen molar-refractivity contribution in [1.82, 2.24) is 0 Å². The molecule has 0 aromatic carbocycles. The summed E-state index contributed by atoms with van der Waals surface area (Å²) in [4.78, 5) is 0. The van der Waals surface area contributed by atoms with Crippen molar-refractivity contribution >= 4 is 25.3 Å². The molecular formula is C4H12Li2S2. The van der Waals surface area contributed by atoms with Gasteiger partial charge in [-0.2, -0.15) is 25.3 Å². The van der Waals surface area contributed by atoms with E-state index < -0.39 is 0 Å². The van der Waals surface area contributed by atoms with Gasteiger partial charge in [0.05, 0.1) is 0 Å². The molecule has 0 atom stereocenters. The van der Waals surface area contributed by atoms with Crippen LogP contribution in [0, 0.1) is 0 Å². The van der Waals surface area contributed by atoms with Crippen LogP contribution in [0.1, 0.15) is 15.7 Å². The van der Waals surface area contributed by atoms with Crippen LogP contribution in [-0.2, 0) is 0 Å². The Bertz CT molecular complexity index is 31.2. The zero-order valence-corrected chi connectivity index (χ0v) is 7.51. The van der Waals surface area contributed by atoms with Gasteiger partial charge in [-0.1, -0.05) is 0 Å². The minimum Gasteiger partial charge on any atom is -1.00 e. The van der Waals surface area contributed by atoms with Crippen LogP contribution in [0.5, 0.6) is 0 Å². The van der Waals surface area contributed by atoms with Crippen molar-refractivity contribution in [1.29, 1.82) is 0 Å². The first kappa shape index (κ1) is 16.5. The summed E-state index contributed by atoms with van der Waals surface area (Å²) in [6.07, 6.45) is 2.40. The van der Waals surface area contributed by atoms with E-state index in [2.05, 4.69) is 25.3 Å². The van der Waals surface area contributed by atoms with Gasteiger partial charge in [-0.3, -0.25) is 0 Å². The third kappa shape index (κ3) is 15.7. The van der Waals surface area contributed by atoms with Crippen LogP contribution >= 0.6 is 25.3 Å². The van der Waals surface area contributed by atoms with Gasteiger partial charge in [-0.05, 0) is 24.3 Å². The standard InChI is InChI=1S/C4H10S2.2Li.2H/c5-3-1-2-4-6;;;;/h5-6H,1-4H2;;;;/q;2*+1;2*-1. The third-order valence-corrected chi connectivity index (χ3v) is 1.20. The Labute approximate surface area is 89.7 Å². The van der Waals surface area contributed by atoms with Crippen LogP contribution in [0.3, 0.4) is 0 Å². The van der Waals surface area contributed by atoms with E-state index in [1.54, 1.807) is 0 Å². The fourth-order valence-corrected chi connectivity index (χ4v) is 0.671. The molecule has 4 heteroatoms. The first-order chi connectivity index (χ1) is 2.91. The van der Waals surface area contributed by atoms with Gasteiger partial charge in [0.1, 0.15) is 0 Å². The molecule has 8 heavy (non-hydrogen) atoms. The van der Waals surface area contributed by atoms with E-state index in [4.69, 9.17) is 0 Å². The fraction of sp³-hybridized carbons (Fsp3) is 1.00. The molecule has 0 radical (unpaired) electrons. The topological polar surface area (TPSA) is 0 Å². The van der Waals surface area contributed by atoms with E-state index >= 15 is 0 Å². The Kier molecular flexibility index (Phi) is 32.8. The fourth-order valence-electron chi connectivity index (χ4n) is 0.224. The summed E-state index contributed by atoms with van der Waals surface area (Å²) in [7, 11) is 0. The minimum absolute atomic E-state index is 0. The van der Waals surface area contributed by atoms with E-state index in [0.717, 1.165) is 11.5 Å². The normalized spacial score (nSPS) is 6.75. The van der Waals surface area contributed by atoms with Crippen molar-refractivity contribution in [2.45, 2.75) is 12.8 Å². The molecule has 0 spiro atoms. The monoisotopic (exact) mass is 138 g/mol. The summed E-state index contributed by atoms with van der Waals surface area (Å²) >= 11 is 8.04. The summed E-state index contributed by atoms with van der Waals surface area (Å²) in [6.45, 7) is 0. The van der Waals surface area contributed by atoms with E-state index in [1.807, 2.05) is 0 Å². The molecule has 0 unspecified atom stereocenters. The molecule has 0 N–H and O–H groups in total. The summed E-state index contributed by atoms with van der Waals surface area (Å²) in [6, 6.07) is 0. The third-order valence-electron chi connectivity index (χ3n) is 0.566. The van der Waals surface area contributed by atoms with Gasteiger partial charge in [-0.25, -0.2) is 0 Å². The second-order valence-electron chi connectivity index (χ2n) is 1.15. The van der Waals surface area contributed by atoms with E-state index in [9.17, 15) is 0 Å². The second kappa shape index (κ2) is 16.0. The van der Waals surface area contributed by atoms with Gasteiger partial charge < -0.3 is 2.85 Å². The molecule has 0 aromatic rings. The maximum Gasteiger partial charge on any atom is 1.00 e. The van der Waals surface area contributed by atoms with E-state index in [-0.39, 0.29) is 40.6 Å². The zero-order valence-electron chi connectivity index (χ0n) is 7.72. The number of hydrogen-bond acceptors (Lipinski definition) is 2. The van der Waals surface area contributed by atoms with Crippen molar-refractivity contribution in [3.63, 3.8) is 0 Å². The van der Waals surface area contributed by atoms with Crippen molar-refractivity contribution in [3.8, 4) is 0 Å². The molecule has 0 saturated carbocycles. The van der Waals surface area contributed by atoms with E-state index in [1.165, 1.54) is 12.8 Å². The Morgan fingerprint density at radius 2 is 1.12 bits per heavy atom. The van der Waals surface area contributed by atoms with Crippen molar-refractivity contribution in [2.24, 2.45) is 0 Å². The summed E-state index contributed by atoms with van der Waals surface area (Å²) in [5.74, 6) is 2.00. The van der Waals surface area contributed by atoms with Crippen LogP contribution in [0.2, 0.25) is 0 Å². The molecule has 0 amide bonds. The van der Waals surface area contributed by atoms with Gasteiger partial charge in [0.15, 0.2) is 0 Å². The second-order valence-corrected chi connectivity index (χ2v) is 2.05. The Balaban J connectivity index is -0.0000000208. The van der Waals surface area contributed by atoms with Gasteiger partial charge >= 0.3 is 37.7 Å². The number of unbranched alkanes of at least 4 members (excludes halogenated alkanes) is 1. The van der Waals surface area contributed by atoms with Gasteiger partial charge in [0.2, 0.25) is 0 Å². The van der Waals surface area contributed by atoms with Crippen LogP contribution in [0.15, 0.2) is 0 Å². The van der Waals surface area contributed by atoms with Crippen molar-refractivity contribution in [2.75, 3.05) is 11.5 Å². The van der Waals surface area contributed by atoms with Gasteiger partial charge in [0.25, 0.3) is 0 Å². The predicted octanol–water partition coefficient (Wildman–Crippen LogP) is -4.14. The molecule has 0 aliphatic carbocycles. The maximum absolute atomic E-state index is 4.02. The number of rotatable bonds is 3. The van der Waals surface area contributed by atoms with Crippen molar-refractivity contribution in [3.05, 3.63) is 0 Å². The summed E-state index contributed by atoms with van der Waals surface area (Å²) in [5.41, 5.74) is 0. The molecule has 0 aliphatic rings. The summed E-state index contributed by atoms with van der Waals surface area (Å²) in [5, 5.41) is 0. The SMILES string of the molecule is SCCCCS.[H-].[H-].[Li+].[Li+]. The van der Waals surface area contributed by atoms with Crippen LogP contribution in [0.25, 0.3) is 0 Å². The number of hydrogen-bond donors (Lipinski definition) is 2. The van der Waals surface area contributed by atoms with Crippen LogP contribution < -0.4 is 37.7 Å². The maximum atomic E-state index is 4.02. The molecule has 0 fully saturated rings. The van der Waals surface area contributed by atoms with Gasteiger partial charge in [-0.15, -0.1) is 0 Å². The van der Waals surface area contributed by atoms with Crippen LogP contribution in [-0.4, -0.2) is 11.5 Å². The van der Waals surface area contributed by atoms with Crippen LogP contribution in [0.4, 0.5) is 0 Å². The van der Waals surface area contributed by atoms with Gasteiger partial charge in [0, 0.05) is 0 Å². The molecule has 0 nitrogen and oxygen atoms in total. The predicted molar refractivity (Wildman–Crippen MR) is 39.2 cm³/mol. The molecule has 0 heterocycles.